The minimum Gasteiger partial charge on any atom is -0.264 e. The molecule has 0 radical (unpaired) electrons. The molecule has 0 aliphatic carbocycles. The Morgan fingerprint density at radius 3 is 1.68 bits per heavy atom. The van der Waals surface area contributed by atoms with Crippen molar-refractivity contribution in [1.82, 2.24) is 29.7 Å². The first-order valence-electron chi connectivity index (χ1n) is 6.86. The lowest BCUT2D eigenvalue weighted by Crippen LogP contribution is -2.58. The third-order valence-corrected chi connectivity index (χ3v) is 2.98. The van der Waals surface area contributed by atoms with E-state index >= 15 is 0 Å². The lowest BCUT2D eigenvalue weighted by atomic mass is 10.4. The third-order valence-electron chi connectivity index (χ3n) is 2.98. The Morgan fingerprint density at radius 2 is 1.32 bits per heavy atom. The second-order valence-corrected chi connectivity index (χ2v) is 4.83. The summed E-state index contributed by atoms with van der Waals surface area (Å²) in [6.45, 7) is 3.97. The van der Waals surface area contributed by atoms with Crippen LogP contribution in [-0.2, 0) is 0 Å². The quantitative estimate of drug-likeness (QED) is 0.565. The maximum absolute atomic E-state index is 8.63. The minimum atomic E-state index is 0.0148. The van der Waals surface area contributed by atoms with Crippen LogP contribution in [0.2, 0.25) is 0 Å². The molecule has 0 bridgehead atoms. The first kappa shape index (κ1) is 13.9. The van der Waals surface area contributed by atoms with Gasteiger partial charge in [-0.25, -0.2) is 5.01 Å². The summed E-state index contributed by atoms with van der Waals surface area (Å²) in [7, 11) is 0. The molecule has 9 heteroatoms. The van der Waals surface area contributed by atoms with Crippen molar-refractivity contribution in [3.05, 3.63) is 55.4 Å². The Hall–Kier alpha value is -3.10. The molecule has 9 nitrogen and oxygen atoms in total. The molecule has 3 aromatic rings. The van der Waals surface area contributed by atoms with Gasteiger partial charge in [-0.15, -0.1) is 5.12 Å². The van der Waals surface area contributed by atoms with Gasteiger partial charge in [-0.05, 0) is 32.0 Å². The third kappa shape index (κ3) is 2.43. The van der Waals surface area contributed by atoms with Crippen LogP contribution in [0.1, 0.15) is 13.8 Å². The first-order chi connectivity index (χ1) is 10.7. The zero-order valence-corrected chi connectivity index (χ0v) is 12.4. The number of aromatic nitrogens is 6. The summed E-state index contributed by atoms with van der Waals surface area (Å²) >= 11 is 0. The van der Waals surface area contributed by atoms with Gasteiger partial charge in [0, 0.05) is 6.20 Å². The molecule has 3 heterocycles. The van der Waals surface area contributed by atoms with Crippen molar-refractivity contribution in [2.75, 3.05) is 10.1 Å². The smallest absolute Gasteiger partial charge is 0.258 e. The van der Waals surface area contributed by atoms with E-state index in [9.17, 15) is 0 Å². The van der Waals surface area contributed by atoms with Crippen LogP contribution in [-0.4, -0.2) is 41.7 Å². The molecule has 0 aliphatic rings. The lowest BCUT2D eigenvalue weighted by molar-refractivity contribution is 0.481. The molecule has 0 aromatic carbocycles. The van der Waals surface area contributed by atoms with E-state index < -0.39 is 0 Å². The Kier molecular flexibility index (Phi) is 3.60. The maximum Gasteiger partial charge on any atom is 0.258 e. The highest BCUT2D eigenvalue weighted by Crippen LogP contribution is 2.04. The fraction of sp³-hybridized carbons (Fsp3) is 0.231. The predicted molar refractivity (Wildman–Crippen MR) is 81.4 cm³/mol. The van der Waals surface area contributed by atoms with E-state index in [1.165, 1.54) is 14.7 Å². The van der Waals surface area contributed by atoms with E-state index in [1.807, 2.05) is 19.9 Å². The average Bonchev–Trinajstić information content (AvgIpc) is 3.22. The van der Waals surface area contributed by atoms with Gasteiger partial charge in [0.15, 0.2) is 0 Å². The normalized spacial score (nSPS) is 10.9. The van der Waals surface area contributed by atoms with Crippen molar-refractivity contribution in [1.29, 1.82) is 5.41 Å². The van der Waals surface area contributed by atoms with Crippen molar-refractivity contribution >= 4 is 5.96 Å². The molecule has 3 rings (SSSR count). The number of nitrogens with one attached hydrogen (secondary N) is 1. The Morgan fingerprint density at radius 1 is 0.864 bits per heavy atom. The molecule has 1 N–H and O–H groups in total. The van der Waals surface area contributed by atoms with Crippen molar-refractivity contribution in [3.63, 3.8) is 0 Å². The summed E-state index contributed by atoms with van der Waals surface area (Å²) in [4.78, 5) is 4.69. The molecular weight excluding hydrogens is 282 g/mol. The van der Waals surface area contributed by atoms with Gasteiger partial charge in [-0.3, -0.25) is 5.41 Å². The molecule has 3 aromatic heterocycles. The molecule has 22 heavy (non-hydrogen) atoms. The Bertz CT molecular complexity index is 663. The molecule has 0 saturated carbocycles. The Balaban J connectivity index is 2.02. The van der Waals surface area contributed by atoms with Crippen LogP contribution in [0.5, 0.6) is 0 Å². The molecule has 0 unspecified atom stereocenters. The number of hydrogen-bond acceptors (Lipinski definition) is 4. The second kappa shape index (κ2) is 5.72. The van der Waals surface area contributed by atoms with E-state index in [-0.39, 0.29) is 12.0 Å². The summed E-state index contributed by atoms with van der Waals surface area (Å²) in [6, 6.07) is 5.41. The zero-order chi connectivity index (χ0) is 15.5. The van der Waals surface area contributed by atoms with Crippen LogP contribution in [0.15, 0.2) is 55.4 Å². The largest absolute Gasteiger partial charge is 0.264 e. The van der Waals surface area contributed by atoms with E-state index in [0.717, 1.165) is 0 Å². The summed E-state index contributed by atoms with van der Waals surface area (Å²) in [5, 5.41) is 24.5. The molecule has 0 saturated heterocycles. The number of hydrogen-bond donors (Lipinski definition) is 1. The van der Waals surface area contributed by atoms with Crippen molar-refractivity contribution in [2.24, 2.45) is 0 Å². The van der Waals surface area contributed by atoms with Crippen LogP contribution in [0.4, 0.5) is 0 Å². The van der Waals surface area contributed by atoms with Gasteiger partial charge in [0.25, 0.3) is 5.96 Å². The molecule has 0 fully saturated rings. The Labute approximate surface area is 127 Å². The summed E-state index contributed by atoms with van der Waals surface area (Å²) in [5.74, 6) is 0.158. The minimum absolute atomic E-state index is 0.0148. The standard InChI is InChI=1S/C13H17N9/c1-12(2)21(18-9-3-6-15-18)13(14)22(19-10-4-7-16-19)20-11-5-8-17-20/h3-12,14H,1-2H3. The van der Waals surface area contributed by atoms with E-state index in [1.54, 1.807) is 59.1 Å². The fourth-order valence-corrected chi connectivity index (χ4v) is 2.09. The second-order valence-electron chi connectivity index (χ2n) is 4.83. The SMILES string of the molecule is CC(C)N(C(=N)N(n1cccn1)n1cccn1)n1cccn1. The monoisotopic (exact) mass is 299 g/mol. The molecule has 0 spiro atoms. The highest BCUT2D eigenvalue weighted by molar-refractivity contribution is 5.94. The summed E-state index contributed by atoms with van der Waals surface area (Å²) in [5.41, 5.74) is 0. The van der Waals surface area contributed by atoms with E-state index in [4.69, 9.17) is 5.41 Å². The highest BCUT2D eigenvalue weighted by atomic mass is 15.9. The van der Waals surface area contributed by atoms with E-state index in [0.29, 0.717) is 0 Å². The number of nitrogens with zero attached hydrogens (tertiary/aromatic N) is 8. The van der Waals surface area contributed by atoms with Crippen molar-refractivity contribution in [3.8, 4) is 0 Å². The predicted octanol–water partition coefficient (Wildman–Crippen LogP) is 0.659. The summed E-state index contributed by atoms with van der Waals surface area (Å²) in [6.07, 6.45) is 10.3. The highest BCUT2D eigenvalue weighted by Gasteiger charge is 2.25. The van der Waals surface area contributed by atoms with Gasteiger partial charge in [-0.2, -0.15) is 29.7 Å². The van der Waals surface area contributed by atoms with Crippen LogP contribution < -0.4 is 10.1 Å². The first-order valence-corrected chi connectivity index (χ1v) is 6.86. The molecule has 114 valence electrons. The number of guanidine groups is 1. The van der Waals surface area contributed by atoms with Gasteiger partial charge < -0.3 is 0 Å². The van der Waals surface area contributed by atoms with Gasteiger partial charge in [0.05, 0.1) is 37.0 Å². The topological polar surface area (TPSA) is 83.8 Å². The van der Waals surface area contributed by atoms with Crippen molar-refractivity contribution < 1.29 is 0 Å². The molecule has 0 amide bonds. The lowest BCUT2D eigenvalue weighted by Gasteiger charge is -2.34. The van der Waals surface area contributed by atoms with Crippen LogP contribution in [0.3, 0.4) is 0 Å². The molecule has 0 atom stereocenters. The van der Waals surface area contributed by atoms with Gasteiger partial charge >= 0.3 is 0 Å². The van der Waals surface area contributed by atoms with Gasteiger partial charge in [0.1, 0.15) is 0 Å². The zero-order valence-electron chi connectivity index (χ0n) is 12.4. The van der Waals surface area contributed by atoms with E-state index in [2.05, 4.69) is 15.3 Å². The van der Waals surface area contributed by atoms with Crippen molar-refractivity contribution in [2.45, 2.75) is 19.9 Å². The van der Waals surface area contributed by atoms with Crippen LogP contribution in [0.25, 0.3) is 0 Å². The fourth-order valence-electron chi connectivity index (χ4n) is 2.09. The van der Waals surface area contributed by atoms with Gasteiger partial charge in [0.2, 0.25) is 0 Å². The van der Waals surface area contributed by atoms with Gasteiger partial charge in [-0.1, -0.05) is 0 Å². The van der Waals surface area contributed by atoms with Crippen LogP contribution >= 0.6 is 0 Å². The average molecular weight is 299 g/mol. The summed E-state index contributed by atoms with van der Waals surface area (Å²) < 4.78 is 0. The van der Waals surface area contributed by atoms with Crippen LogP contribution in [0, 0.1) is 5.41 Å². The molecular formula is C13H17N9. The molecule has 0 aliphatic heterocycles. The number of rotatable bonds is 4. The maximum atomic E-state index is 8.63.